The number of carbonyl (C=O) groups excluding carboxylic acids is 1. The topological polar surface area (TPSA) is 32.8 Å². The summed E-state index contributed by atoms with van der Waals surface area (Å²) in [5.74, 6) is 0.245. The highest BCUT2D eigenvalue weighted by Gasteiger charge is 2.32. The predicted octanol–water partition coefficient (Wildman–Crippen LogP) is 2.21. The molecule has 4 heteroatoms. The number of carbonyl (C=O) groups is 1. The van der Waals surface area contributed by atoms with E-state index in [4.69, 9.17) is 4.74 Å². The van der Waals surface area contributed by atoms with E-state index < -0.39 is 0 Å². The van der Waals surface area contributed by atoms with Gasteiger partial charge in [-0.25, -0.2) is 0 Å². The van der Waals surface area contributed by atoms with Crippen LogP contribution >= 0.6 is 0 Å². The van der Waals surface area contributed by atoms with Crippen LogP contribution in [0.15, 0.2) is 24.3 Å². The number of rotatable bonds is 5. The molecule has 0 radical (unpaired) electrons. The van der Waals surface area contributed by atoms with Gasteiger partial charge in [-0.1, -0.05) is 29.8 Å². The fourth-order valence-corrected chi connectivity index (χ4v) is 3.00. The zero-order valence-corrected chi connectivity index (χ0v) is 13.6. The van der Waals surface area contributed by atoms with Crippen molar-refractivity contribution >= 4 is 5.91 Å². The molecule has 3 rings (SSSR count). The molecule has 1 saturated carbocycles. The number of hydrogen-bond donors (Lipinski definition) is 0. The van der Waals surface area contributed by atoms with Crippen LogP contribution in [0.5, 0.6) is 0 Å². The van der Waals surface area contributed by atoms with Crippen LogP contribution in [0.4, 0.5) is 0 Å². The highest BCUT2D eigenvalue weighted by atomic mass is 16.5. The summed E-state index contributed by atoms with van der Waals surface area (Å²) in [5, 5.41) is 0. The number of nitrogens with zero attached hydrogens (tertiary/aromatic N) is 2. The van der Waals surface area contributed by atoms with Crippen LogP contribution in [0.3, 0.4) is 0 Å². The lowest BCUT2D eigenvalue weighted by atomic mass is 10.1. The zero-order valence-electron chi connectivity index (χ0n) is 13.6. The third-order valence-corrected chi connectivity index (χ3v) is 4.50. The first-order valence-electron chi connectivity index (χ1n) is 8.31. The minimum Gasteiger partial charge on any atom is -0.375 e. The first kappa shape index (κ1) is 15.5. The Bertz CT molecular complexity index is 510. The second kappa shape index (κ2) is 6.80. The van der Waals surface area contributed by atoms with Crippen molar-refractivity contribution in [1.82, 2.24) is 9.80 Å². The lowest BCUT2D eigenvalue weighted by Gasteiger charge is -2.33. The van der Waals surface area contributed by atoms with Crippen molar-refractivity contribution in [3.63, 3.8) is 0 Å². The summed E-state index contributed by atoms with van der Waals surface area (Å²) in [7, 11) is 0. The lowest BCUT2D eigenvalue weighted by Crippen LogP contribution is -2.48. The molecule has 120 valence electrons. The van der Waals surface area contributed by atoms with Crippen molar-refractivity contribution in [2.75, 3.05) is 26.2 Å². The molecule has 1 aliphatic carbocycles. The van der Waals surface area contributed by atoms with Gasteiger partial charge in [0.2, 0.25) is 5.91 Å². The Kier molecular flexibility index (Phi) is 4.79. The number of ether oxygens (including phenoxy) is 1. The van der Waals surface area contributed by atoms with Gasteiger partial charge in [-0.05, 0) is 32.3 Å². The van der Waals surface area contributed by atoms with Gasteiger partial charge in [-0.3, -0.25) is 9.69 Å². The SMILES string of the molecule is Cc1ccc(CN(CC(=O)N2CCO[C@@H](C)C2)C2CC2)cc1. The highest BCUT2D eigenvalue weighted by Crippen LogP contribution is 2.28. The average Bonchev–Trinajstić information content (AvgIpc) is 3.33. The van der Waals surface area contributed by atoms with Crippen LogP contribution in [0.25, 0.3) is 0 Å². The van der Waals surface area contributed by atoms with Gasteiger partial charge in [0.25, 0.3) is 0 Å². The van der Waals surface area contributed by atoms with Gasteiger partial charge < -0.3 is 9.64 Å². The molecule has 1 aromatic rings. The predicted molar refractivity (Wildman–Crippen MR) is 86.6 cm³/mol. The summed E-state index contributed by atoms with van der Waals surface area (Å²) >= 11 is 0. The summed E-state index contributed by atoms with van der Waals surface area (Å²) in [6.45, 7) is 7.65. The molecular weight excluding hydrogens is 276 g/mol. The van der Waals surface area contributed by atoms with Crippen molar-refractivity contribution in [2.45, 2.75) is 45.4 Å². The van der Waals surface area contributed by atoms with E-state index in [1.54, 1.807) is 0 Å². The molecule has 2 aliphatic rings. The number of aryl methyl sites for hydroxylation is 1. The van der Waals surface area contributed by atoms with Crippen LogP contribution in [0, 0.1) is 6.92 Å². The maximum atomic E-state index is 12.6. The van der Waals surface area contributed by atoms with E-state index in [2.05, 4.69) is 36.1 Å². The third kappa shape index (κ3) is 4.08. The Labute approximate surface area is 133 Å². The van der Waals surface area contributed by atoms with E-state index in [0.29, 0.717) is 19.2 Å². The summed E-state index contributed by atoms with van der Waals surface area (Å²) in [6.07, 6.45) is 2.60. The van der Waals surface area contributed by atoms with Crippen LogP contribution < -0.4 is 0 Å². The monoisotopic (exact) mass is 302 g/mol. The van der Waals surface area contributed by atoms with E-state index in [-0.39, 0.29) is 12.0 Å². The maximum absolute atomic E-state index is 12.6. The van der Waals surface area contributed by atoms with Crippen molar-refractivity contribution in [3.05, 3.63) is 35.4 Å². The van der Waals surface area contributed by atoms with Crippen LogP contribution in [-0.2, 0) is 16.1 Å². The highest BCUT2D eigenvalue weighted by molar-refractivity contribution is 5.78. The molecule has 1 saturated heterocycles. The van der Waals surface area contributed by atoms with Crippen molar-refractivity contribution in [1.29, 1.82) is 0 Å². The summed E-state index contributed by atoms with van der Waals surface area (Å²) in [4.78, 5) is 16.9. The molecule has 0 bridgehead atoms. The summed E-state index contributed by atoms with van der Waals surface area (Å²) in [5.41, 5.74) is 2.57. The quantitative estimate of drug-likeness (QED) is 0.836. The second-order valence-electron chi connectivity index (χ2n) is 6.64. The van der Waals surface area contributed by atoms with Gasteiger partial charge in [0.1, 0.15) is 0 Å². The molecule has 2 fully saturated rings. The maximum Gasteiger partial charge on any atom is 0.236 e. The summed E-state index contributed by atoms with van der Waals surface area (Å²) < 4.78 is 5.52. The van der Waals surface area contributed by atoms with Crippen LogP contribution in [-0.4, -0.2) is 54.1 Å². The molecule has 0 N–H and O–H groups in total. The van der Waals surface area contributed by atoms with Crippen LogP contribution in [0.1, 0.15) is 30.9 Å². The molecule has 1 amide bonds. The molecule has 1 aliphatic heterocycles. The van der Waals surface area contributed by atoms with Crippen LogP contribution in [0.2, 0.25) is 0 Å². The molecule has 1 aromatic carbocycles. The first-order valence-corrected chi connectivity index (χ1v) is 8.31. The minimum atomic E-state index is 0.157. The van der Waals surface area contributed by atoms with Gasteiger partial charge in [0.05, 0.1) is 19.3 Å². The Morgan fingerprint density at radius 3 is 2.68 bits per heavy atom. The molecular formula is C18H26N2O2. The van der Waals surface area contributed by atoms with Gasteiger partial charge >= 0.3 is 0 Å². The number of benzene rings is 1. The van der Waals surface area contributed by atoms with E-state index in [1.165, 1.54) is 24.0 Å². The molecule has 0 aromatic heterocycles. The van der Waals surface area contributed by atoms with Gasteiger partial charge in [0.15, 0.2) is 0 Å². The third-order valence-electron chi connectivity index (χ3n) is 4.50. The minimum absolute atomic E-state index is 0.157. The lowest BCUT2D eigenvalue weighted by molar-refractivity contribution is -0.139. The number of hydrogen-bond acceptors (Lipinski definition) is 3. The largest absolute Gasteiger partial charge is 0.375 e. The Morgan fingerprint density at radius 1 is 1.32 bits per heavy atom. The van der Waals surface area contributed by atoms with E-state index >= 15 is 0 Å². The smallest absolute Gasteiger partial charge is 0.236 e. The van der Waals surface area contributed by atoms with E-state index in [1.807, 2.05) is 11.8 Å². The van der Waals surface area contributed by atoms with E-state index in [9.17, 15) is 4.79 Å². The number of amides is 1. The standard InChI is InChI=1S/C18H26N2O2/c1-14-3-5-16(6-4-14)12-20(17-7-8-17)13-18(21)19-9-10-22-15(2)11-19/h3-6,15,17H,7-13H2,1-2H3/t15-/m0/s1. The molecule has 22 heavy (non-hydrogen) atoms. The molecule has 1 heterocycles. The zero-order chi connectivity index (χ0) is 15.5. The molecule has 0 spiro atoms. The molecule has 4 nitrogen and oxygen atoms in total. The average molecular weight is 302 g/mol. The Hall–Kier alpha value is -1.39. The fraction of sp³-hybridized carbons (Fsp3) is 0.611. The first-order chi connectivity index (χ1) is 10.6. The van der Waals surface area contributed by atoms with Crippen molar-refractivity contribution < 1.29 is 9.53 Å². The Morgan fingerprint density at radius 2 is 2.05 bits per heavy atom. The summed E-state index contributed by atoms with van der Waals surface area (Å²) in [6, 6.07) is 9.22. The van der Waals surface area contributed by atoms with E-state index in [0.717, 1.165) is 19.6 Å². The molecule has 1 atom stereocenters. The number of morpholine rings is 1. The Balaban J connectivity index is 1.59. The molecule has 0 unspecified atom stereocenters. The van der Waals surface area contributed by atoms with Crippen molar-refractivity contribution in [3.8, 4) is 0 Å². The van der Waals surface area contributed by atoms with Gasteiger partial charge in [-0.15, -0.1) is 0 Å². The normalized spacial score (nSPS) is 22.1. The van der Waals surface area contributed by atoms with Gasteiger partial charge in [0, 0.05) is 25.7 Å². The second-order valence-corrected chi connectivity index (χ2v) is 6.64. The van der Waals surface area contributed by atoms with Crippen molar-refractivity contribution in [2.24, 2.45) is 0 Å². The fourth-order valence-electron chi connectivity index (χ4n) is 3.00. The van der Waals surface area contributed by atoms with Gasteiger partial charge in [-0.2, -0.15) is 0 Å².